The third-order valence-electron chi connectivity index (χ3n) is 5.80. The largest absolute Gasteiger partial charge is 0.290 e. The number of allylic oxidation sites excluding steroid dienone is 3. The molecule has 0 aromatic carbocycles. The van der Waals surface area contributed by atoms with Gasteiger partial charge < -0.3 is 0 Å². The quantitative estimate of drug-likeness (QED) is 0.618. The van der Waals surface area contributed by atoms with Gasteiger partial charge in [0.05, 0.1) is 6.04 Å². The highest BCUT2D eigenvalue weighted by atomic mass is 14.9. The number of hydrogen-bond donors (Lipinski definition) is 0. The van der Waals surface area contributed by atoms with Crippen molar-refractivity contribution in [1.82, 2.24) is 0 Å². The van der Waals surface area contributed by atoms with E-state index < -0.39 is 0 Å². The highest BCUT2D eigenvalue weighted by molar-refractivity contribution is 5.93. The minimum atomic E-state index is 0.276. The molecule has 4 unspecified atom stereocenters. The molecule has 2 aliphatic heterocycles. The van der Waals surface area contributed by atoms with Crippen molar-refractivity contribution >= 4 is 11.9 Å². The van der Waals surface area contributed by atoms with E-state index in [0.717, 1.165) is 6.42 Å². The van der Waals surface area contributed by atoms with Crippen LogP contribution in [0, 0.1) is 17.3 Å². The molecule has 4 aliphatic rings. The Balaban J connectivity index is 2.00. The van der Waals surface area contributed by atoms with Crippen LogP contribution < -0.4 is 0 Å². The van der Waals surface area contributed by atoms with E-state index in [4.69, 9.17) is 4.99 Å². The van der Waals surface area contributed by atoms with Gasteiger partial charge in [-0.25, -0.2) is 0 Å². The van der Waals surface area contributed by atoms with Crippen LogP contribution in [0.3, 0.4) is 0 Å². The zero-order chi connectivity index (χ0) is 12.3. The first-order chi connectivity index (χ1) is 8.70. The van der Waals surface area contributed by atoms with Crippen molar-refractivity contribution in [1.29, 1.82) is 0 Å². The number of nitrogens with zero attached hydrogens (tertiary/aromatic N) is 2. The molecule has 0 spiro atoms. The molecule has 0 fully saturated rings. The Kier molecular flexibility index (Phi) is 2.04. The van der Waals surface area contributed by atoms with E-state index in [-0.39, 0.29) is 5.41 Å². The Morgan fingerprint density at radius 1 is 1.33 bits per heavy atom. The highest BCUT2D eigenvalue weighted by Crippen LogP contribution is 2.55. The first-order valence-corrected chi connectivity index (χ1v) is 7.18. The van der Waals surface area contributed by atoms with Crippen molar-refractivity contribution in [3.8, 4) is 0 Å². The average Bonchev–Trinajstić information content (AvgIpc) is 2.75. The van der Waals surface area contributed by atoms with Crippen LogP contribution in [0.4, 0.5) is 0 Å². The third-order valence-corrected chi connectivity index (χ3v) is 5.80. The lowest BCUT2D eigenvalue weighted by molar-refractivity contribution is 0.226. The second kappa shape index (κ2) is 3.43. The first kappa shape index (κ1) is 10.7. The van der Waals surface area contributed by atoms with Crippen LogP contribution in [-0.4, -0.2) is 18.0 Å². The SMILES string of the molecule is CC1C2CC3C(=N2)CCC2=C3C=CN=CCC21C. The van der Waals surface area contributed by atoms with E-state index in [0.29, 0.717) is 17.9 Å². The number of fused-ring (bicyclic) bond motifs is 1. The maximum absolute atomic E-state index is 5.05. The lowest BCUT2D eigenvalue weighted by Crippen LogP contribution is -2.36. The lowest BCUT2D eigenvalue weighted by Gasteiger charge is -2.42. The van der Waals surface area contributed by atoms with Crippen molar-refractivity contribution in [2.75, 3.05) is 0 Å². The molecule has 0 saturated heterocycles. The van der Waals surface area contributed by atoms with Gasteiger partial charge in [-0.3, -0.25) is 9.98 Å². The molecular weight excluding hydrogens is 220 g/mol. The van der Waals surface area contributed by atoms with Crippen LogP contribution in [0.2, 0.25) is 0 Å². The van der Waals surface area contributed by atoms with Crippen molar-refractivity contribution in [3.05, 3.63) is 23.4 Å². The first-order valence-electron chi connectivity index (χ1n) is 7.18. The van der Waals surface area contributed by atoms with E-state index in [1.54, 1.807) is 11.1 Å². The average molecular weight is 240 g/mol. The van der Waals surface area contributed by atoms with E-state index in [1.807, 2.05) is 6.20 Å². The van der Waals surface area contributed by atoms with Gasteiger partial charge in [0.2, 0.25) is 0 Å². The Labute approximate surface area is 109 Å². The Bertz CT molecular complexity index is 523. The van der Waals surface area contributed by atoms with Gasteiger partial charge in [0.1, 0.15) is 0 Å². The molecule has 2 heteroatoms. The van der Waals surface area contributed by atoms with Gasteiger partial charge in [0.15, 0.2) is 0 Å². The number of aliphatic imine (C=N–C) groups is 2. The van der Waals surface area contributed by atoms with Gasteiger partial charge in [0.25, 0.3) is 0 Å². The fourth-order valence-corrected chi connectivity index (χ4v) is 4.47. The van der Waals surface area contributed by atoms with E-state index in [9.17, 15) is 0 Å². The van der Waals surface area contributed by atoms with Crippen LogP contribution in [0.25, 0.3) is 0 Å². The van der Waals surface area contributed by atoms with Crippen LogP contribution in [0.1, 0.15) is 39.5 Å². The minimum absolute atomic E-state index is 0.276. The molecule has 0 amide bonds. The van der Waals surface area contributed by atoms with Crippen molar-refractivity contribution in [2.45, 2.75) is 45.6 Å². The molecule has 5 bridgehead atoms. The Morgan fingerprint density at radius 3 is 3.11 bits per heavy atom. The normalized spacial score (nSPS) is 44.8. The lowest BCUT2D eigenvalue weighted by atomic mass is 9.64. The van der Waals surface area contributed by atoms with Crippen LogP contribution >= 0.6 is 0 Å². The second-order valence-corrected chi connectivity index (χ2v) is 6.47. The molecule has 0 N–H and O–H groups in total. The van der Waals surface area contributed by atoms with Gasteiger partial charge in [-0.1, -0.05) is 19.4 Å². The predicted molar refractivity (Wildman–Crippen MR) is 75.1 cm³/mol. The molecule has 2 nitrogen and oxygen atoms in total. The van der Waals surface area contributed by atoms with Gasteiger partial charge in [-0.2, -0.15) is 0 Å². The van der Waals surface area contributed by atoms with E-state index >= 15 is 0 Å². The molecule has 94 valence electrons. The van der Waals surface area contributed by atoms with Gasteiger partial charge in [-0.05, 0) is 48.7 Å². The summed E-state index contributed by atoms with van der Waals surface area (Å²) in [5, 5.41) is 0. The summed E-state index contributed by atoms with van der Waals surface area (Å²) in [6, 6.07) is 0.544. The van der Waals surface area contributed by atoms with Crippen molar-refractivity contribution < 1.29 is 0 Å². The van der Waals surface area contributed by atoms with Crippen LogP contribution in [-0.2, 0) is 0 Å². The number of rotatable bonds is 0. The maximum Gasteiger partial charge on any atom is 0.0542 e. The zero-order valence-electron chi connectivity index (χ0n) is 11.2. The molecule has 0 saturated carbocycles. The summed E-state index contributed by atoms with van der Waals surface area (Å²) in [6.07, 6.45) is 11.1. The molecule has 0 radical (unpaired) electrons. The molecule has 2 heterocycles. The Morgan fingerprint density at radius 2 is 2.22 bits per heavy atom. The number of hydrogen-bond acceptors (Lipinski definition) is 2. The summed E-state index contributed by atoms with van der Waals surface area (Å²) in [6.45, 7) is 4.85. The molecule has 0 aromatic rings. The summed E-state index contributed by atoms with van der Waals surface area (Å²) in [4.78, 5) is 9.47. The molecule has 4 rings (SSSR count). The van der Waals surface area contributed by atoms with E-state index in [2.05, 4.69) is 31.1 Å². The molecule has 18 heavy (non-hydrogen) atoms. The Hall–Kier alpha value is -1.18. The maximum atomic E-state index is 5.05. The van der Waals surface area contributed by atoms with Gasteiger partial charge >= 0.3 is 0 Å². The standard InChI is InChI=1S/C16H20N2/c1-10-15-9-12-11-5-7-17-8-6-16(10,2)13(11)3-4-14(12)18-15/h5,7-8,10,12,15H,3-4,6,9H2,1-2H3. The smallest absolute Gasteiger partial charge is 0.0542 e. The summed E-state index contributed by atoms with van der Waals surface area (Å²) >= 11 is 0. The van der Waals surface area contributed by atoms with Gasteiger partial charge in [-0.15, -0.1) is 0 Å². The summed E-state index contributed by atoms with van der Waals surface area (Å²) in [7, 11) is 0. The molecule has 0 aromatic heterocycles. The monoisotopic (exact) mass is 240 g/mol. The summed E-state index contributed by atoms with van der Waals surface area (Å²) in [5.74, 6) is 1.26. The second-order valence-electron chi connectivity index (χ2n) is 6.47. The van der Waals surface area contributed by atoms with Gasteiger partial charge in [0, 0.05) is 24.0 Å². The van der Waals surface area contributed by atoms with Crippen molar-refractivity contribution in [2.24, 2.45) is 27.2 Å². The summed E-state index contributed by atoms with van der Waals surface area (Å²) < 4.78 is 0. The minimum Gasteiger partial charge on any atom is -0.290 e. The third kappa shape index (κ3) is 1.19. The fraction of sp³-hybridized carbons (Fsp3) is 0.625. The molecular formula is C16H20N2. The topological polar surface area (TPSA) is 24.7 Å². The van der Waals surface area contributed by atoms with E-state index in [1.165, 1.54) is 25.0 Å². The fourth-order valence-electron chi connectivity index (χ4n) is 4.47. The van der Waals surface area contributed by atoms with Crippen LogP contribution in [0.15, 0.2) is 33.4 Å². The zero-order valence-corrected chi connectivity index (χ0v) is 11.2. The highest BCUT2D eigenvalue weighted by Gasteiger charge is 2.49. The van der Waals surface area contributed by atoms with Crippen molar-refractivity contribution in [3.63, 3.8) is 0 Å². The summed E-state index contributed by atoms with van der Waals surface area (Å²) in [5.41, 5.74) is 5.02. The predicted octanol–water partition coefficient (Wildman–Crippen LogP) is 3.55. The van der Waals surface area contributed by atoms with Crippen LogP contribution in [0.5, 0.6) is 0 Å². The molecule has 4 atom stereocenters. The molecule has 2 aliphatic carbocycles.